The number of hydrogen-bond acceptors (Lipinski definition) is 4. The van der Waals surface area contributed by atoms with Gasteiger partial charge < -0.3 is 14.9 Å². The molecule has 1 aromatic heterocycles. The van der Waals surface area contributed by atoms with Gasteiger partial charge >= 0.3 is 5.69 Å². The van der Waals surface area contributed by atoms with Crippen LogP contribution in [0.1, 0.15) is 22.9 Å². The van der Waals surface area contributed by atoms with Crippen LogP contribution in [0.3, 0.4) is 0 Å². The fourth-order valence-corrected chi connectivity index (χ4v) is 3.44. The minimum atomic E-state index is -1.30. The number of H-pyrrole nitrogens is 1. The largest absolute Gasteiger partial charge is 0.493 e. The summed E-state index contributed by atoms with van der Waals surface area (Å²) in [7, 11) is 0. The lowest BCUT2D eigenvalue weighted by molar-refractivity contribution is -0.109. The number of aromatic hydroxyl groups is 1. The summed E-state index contributed by atoms with van der Waals surface area (Å²) in [4.78, 5) is 30.5. The van der Waals surface area contributed by atoms with Crippen LogP contribution in [0.4, 0.5) is 14.5 Å². The summed E-state index contributed by atoms with van der Waals surface area (Å²) >= 11 is 11.4. The van der Waals surface area contributed by atoms with Gasteiger partial charge in [0, 0.05) is 17.4 Å². The zero-order chi connectivity index (χ0) is 21.6. The summed E-state index contributed by atoms with van der Waals surface area (Å²) in [6, 6.07) is 5.23. The van der Waals surface area contributed by atoms with Crippen LogP contribution in [0.25, 0.3) is 11.6 Å². The SMILES string of the molecule is O=CC(c1ccc(Cl)c(F)c1)n1c(O)c(/C=C2\C=Nc3c2ccc(Cl)c3F)[nH]c1=O. The Bertz CT molecular complexity index is 1310. The molecule has 0 spiro atoms. The first-order chi connectivity index (χ1) is 14.3. The lowest BCUT2D eigenvalue weighted by Gasteiger charge is -2.13. The highest BCUT2D eigenvalue weighted by atomic mass is 35.5. The van der Waals surface area contributed by atoms with Crippen LogP contribution in [-0.4, -0.2) is 27.2 Å². The molecule has 1 unspecified atom stereocenters. The van der Waals surface area contributed by atoms with Gasteiger partial charge in [0.05, 0.1) is 10.0 Å². The van der Waals surface area contributed by atoms with Gasteiger partial charge in [-0.25, -0.2) is 18.1 Å². The summed E-state index contributed by atoms with van der Waals surface area (Å²) < 4.78 is 28.7. The lowest BCUT2D eigenvalue weighted by atomic mass is 10.1. The number of fused-ring (bicyclic) bond motifs is 1. The van der Waals surface area contributed by atoms with Crippen LogP contribution < -0.4 is 5.69 Å². The molecule has 4 rings (SSSR count). The van der Waals surface area contributed by atoms with Crippen molar-refractivity contribution in [2.24, 2.45) is 4.99 Å². The molecule has 0 bridgehead atoms. The number of aromatic amines is 1. The molecule has 2 N–H and O–H groups in total. The van der Waals surface area contributed by atoms with Crippen molar-refractivity contribution in [3.63, 3.8) is 0 Å². The van der Waals surface area contributed by atoms with E-state index in [2.05, 4.69) is 9.98 Å². The Balaban J connectivity index is 1.79. The van der Waals surface area contributed by atoms with E-state index in [1.54, 1.807) is 6.07 Å². The monoisotopic (exact) mass is 449 g/mol. The van der Waals surface area contributed by atoms with Crippen LogP contribution in [-0.2, 0) is 4.79 Å². The third-order valence-corrected chi connectivity index (χ3v) is 5.23. The van der Waals surface area contributed by atoms with Gasteiger partial charge in [-0.3, -0.25) is 4.99 Å². The number of nitrogens with zero attached hydrogens (tertiary/aromatic N) is 2. The summed E-state index contributed by atoms with van der Waals surface area (Å²) in [5.74, 6) is -2.02. The van der Waals surface area contributed by atoms with Crippen molar-refractivity contribution in [3.8, 4) is 5.88 Å². The third-order valence-electron chi connectivity index (χ3n) is 4.63. The summed E-state index contributed by atoms with van der Waals surface area (Å²) in [5, 5.41) is 10.3. The van der Waals surface area contributed by atoms with E-state index < -0.39 is 29.2 Å². The average Bonchev–Trinajstić information content (AvgIpc) is 3.24. The molecule has 1 atom stereocenters. The first-order valence-electron chi connectivity index (χ1n) is 8.49. The van der Waals surface area contributed by atoms with Crippen LogP contribution in [0.15, 0.2) is 40.1 Å². The van der Waals surface area contributed by atoms with E-state index in [9.17, 15) is 23.5 Å². The summed E-state index contributed by atoms with van der Waals surface area (Å²) in [5.41, 5.74) is 0.140. The summed E-state index contributed by atoms with van der Waals surface area (Å²) in [6.07, 6.45) is 3.11. The maximum absolute atomic E-state index is 14.1. The molecule has 2 aromatic carbocycles. The number of halogens is 4. The Morgan fingerprint density at radius 3 is 2.60 bits per heavy atom. The van der Waals surface area contributed by atoms with Crippen LogP contribution in [0.2, 0.25) is 10.0 Å². The average molecular weight is 450 g/mol. The molecule has 152 valence electrons. The van der Waals surface area contributed by atoms with Gasteiger partial charge in [0.1, 0.15) is 29.5 Å². The maximum Gasteiger partial charge on any atom is 0.329 e. The van der Waals surface area contributed by atoms with Crippen molar-refractivity contribution < 1.29 is 18.7 Å². The molecular formula is C20H11Cl2F2N3O3. The third kappa shape index (κ3) is 3.24. The number of aldehydes is 1. The molecule has 0 saturated heterocycles. The number of carbonyl (C=O) groups excluding carboxylic acids is 1. The topological polar surface area (TPSA) is 87.4 Å². The Kier molecular flexibility index (Phi) is 5.05. The van der Waals surface area contributed by atoms with E-state index in [1.807, 2.05) is 0 Å². The molecule has 0 aliphatic carbocycles. The Morgan fingerprint density at radius 2 is 1.90 bits per heavy atom. The van der Waals surface area contributed by atoms with E-state index in [0.717, 1.165) is 10.6 Å². The van der Waals surface area contributed by atoms with Crippen LogP contribution >= 0.6 is 23.2 Å². The highest BCUT2D eigenvalue weighted by molar-refractivity contribution is 6.32. The number of aliphatic imine (C=N–C) groups is 1. The standard InChI is InChI=1S/C20H11Cl2F2N3O3/c21-12-3-1-9(5-14(12)23)16(8-28)27-19(29)15(26-20(27)30)6-10-7-25-18-11(10)2-4-13(22)17(18)24/h1-8,16,29H,(H,26,30)/b10-6+. The van der Waals surface area contributed by atoms with Crippen molar-refractivity contribution in [2.45, 2.75) is 6.04 Å². The number of aromatic nitrogens is 2. The quantitative estimate of drug-likeness (QED) is 0.574. The van der Waals surface area contributed by atoms with Crippen molar-refractivity contribution in [1.29, 1.82) is 0 Å². The molecule has 6 nitrogen and oxygen atoms in total. The number of benzene rings is 2. The molecular weight excluding hydrogens is 439 g/mol. The van der Waals surface area contributed by atoms with Gasteiger partial charge in [-0.2, -0.15) is 0 Å². The number of carbonyl (C=O) groups is 1. The van der Waals surface area contributed by atoms with Gasteiger partial charge in [-0.15, -0.1) is 0 Å². The maximum atomic E-state index is 14.1. The van der Waals surface area contributed by atoms with Crippen LogP contribution in [0.5, 0.6) is 5.88 Å². The number of imidazole rings is 1. The van der Waals surface area contributed by atoms with E-state index >= 15 is 0 Å². The van der Waals surface area contributed by atoms with E-state index in [1.165, 1.54) is 30.5 Å². The fraction of sp³-hybridized carbons (Fsp3) is 0.0500. The van der Waals surface area contributed by atoms with Gasteiger partial charge in [0.15, 0.2) is 5.82 Å². The molecule has 0 fully saturated rings. The first-order valence-corrected chi connectivity index (χ1v) is 9.25. The second kappa shape index (κ2) is 7.55. The van der Waals surface area contributed by atoms with Gasteiger partial charge in [0.2, 0.25) is 5.88 Å². The molecule has 30 heavy (non-hydrogen) atoms. The molecule has 0 saturated carbocycles. The first kappa shape index (κ1) is 20.1. The Labute approximate surface area is 177 Å². The molecule has 1 aliphatic heterocycles. The minimum absolute atomic E-state index is 0.0362. The van der Waals surface area contributed by atoms with Gasteiger partial charge in [0.25, 0.3) is 0 Å². The lowest BCUT2D eigenvalue weighted by Crippen LogP contribution is -2.24. The molecule has 2 heterocycles. The van der Waals surface area contributed by atoms with Crippen molar-refractivity contribution in [1.82, 2.24) is 9.55 Å². The molecule has 0 amide bonds. The van der Waals surface area contributed by atoms with Gasteiger partial charge in [-0.05, 0) is 29.8 Å². The van der Waals surface area contributed by atoms with Crippen molar-refractivity contribution >= 4 is 53.0 Å². The second-order valence-corrected chi connectivity index (χ2v) is 7.22. The Hall–Kier alpha value is -3.23. The predicted octanol–water partition coefficient (Wildman–Crippen LogP) is 4.51. The van der Waals surface area contributed by atoms with Crippen LogP contribution in [0, 0.1) is 11.6 Å². The fourth-order valence-electron chi connectivity index (χ4n) is 3.17. The second-order valence-electron chi connectivity index (χ2n) is 6.41. The van der Waals surface area contributed by atoms with E-state index in [4.69, 9.17) is 23.2 Å². The minimum Gasteiger partial charge on any atom is -0.493 e. The number of rotatable bonds is 4. The smallest absolute Gasteiger partial charge is 0.329 e. The highest BCUT2D eigenvalue weighted by Gasteiger charge is 2.24. The normalized spacial score (nSPS) is 14.9. The zero-order valence-corrected chi connectivity index (χ0v) is 16.4. The number of hydrogen-bond donors (Lipinski definition) is 2. The Morgan fingerprint density at radius 1 is 1.17 bits per heavy atom. The van der Waals surface area contributed by atoms with Crippen molar-refractivity contribution in [2.75, 3.05) is 0 Å². The highest BCUT2D eigenvalue weighted by Crippen LogP contribution is 2.38. The summed E-state index contributed by atoms with van der Waals surface area (Å²) in [6.45, 7) is 0. The molecule has 1 aliphatic rings. The van der Waals surface area contributed by atoms with E-state index in [-0.39, 0.29) is 27.0 Å². The van der Waals surface area contributed by atoms with Gasteiger partial charge in [-0.1, -0.05) is 35.3 Å². The molecule has 10 heteroatoms. The number of allylic oxidation sites excluding steroid dienone is 1. The number of nitrogens with one attached hydrogen (secondary N) is 1. The van der Waals surface area contributed by atoms with E-state index in [0.29, 0.717) is 17.4 Å². The molecule has 3 aromatic rings. The predicted molar refractivity (Wildman–Crippen MR) is 110 cm³/mol. The molecule has 0 radical (unpaired) electrons. The van der Waals surface area contributed by atoms with Crippen molar-refractivity contribution in [3.05, 3.63) is 79.3 Å². The zero-order valence-electron chi connectivity index (χ0n) is 14.9.